The van der Waals surface area contributed by atoms with Crippen molar-refractivity contribution in [3.05, 3.63) is 11.6 Å². The van der Waals surface area contributed by atoms with Crippen LogP contribution in [0.25, 0.3) is 0 Å². The van der Waals surface area contributed by atoms with Gasteiger partial charge in [-0.2, -0.15) is 0 Å². The van der Waals surface area contributed by atoms with Crippen molar-refractivity contribution in [2.24, 2.45) is 0 Å². The molecule has 0 aliphatic carbocycles. The molecule has 1 amide bonds. The van der Waals surface area contributed by atoms with E-state index in [4.69, 9.17) is 4.74 Å². The molecule has 1 aliphatic heterocycles. The van der Waals surface area contributed by atoms with Crippen molar-refractivity contribution < 1.29 is 9.53 Å². The van der Waals surface area contributed by atoms with Gasteiger partial charge in [0.2, 0.25) is 0 Å². The van der Waals surface area contributed by atoms with Crippen molar-refractivity contribution in [1.29, 1.82) is 0 Å². The fraction of sp³-hybridized carbons (Fsp3) is 0.786. The third-order valence-corrected chi connectivity index (χ3v) is 2.81. The zero-order chi connectivity index (χ0) is 12.9. The molecule has 3 nitrogen and oxygen atoms in total. The fourth-order valence-corrected chi connectivity index (χ4v) is 1.83. The molecule has 3 heteroatoms. The number of unbranched alkanes of at least 4 members (excludes halogenated alkanes) is 1. The molecule has 1 aliphatic rings. The smallest absolute Gasteiger partial charge is 0.410 e. The van der Waals surface area contributed by atoms with Gasteiger partial charge in [0.15, 0.2) is 0 Å². The SMILES string of the molecule is CCCCC1=CCN(C(=O)OC(C)(C)C)CC1. The lowest BCUT2D eigenvalue weighted by atomic mass is 10.0. The molecular weight excluding hydrogens is 214 g/mol. The van der Waals surface area contributed by atoms with E-state index < -0.39 is 5.60 Å². The van der Waals surface area contributed by atoms with Gasteiger partial charge in [0.25, 0.3) is 0 Å². The van der Waals surface area contributed by atoms with E-state index in [0.29, 0.717) is 6.54 Å². The quantitative estimate of drug-likeness (QED) is 0.702. The highest BCUT2D eigenvalue weighted by molar-refractivity contribution is 5.68. The first-order valence-corrected chi connectivity index (χ1v) is 6.58. The second-order valence-electron chi connectivity index (χ2n) is 5.64. The van der Waals surface area contributed by atoms with Gasteiger partial charge < -0.3 is 9.64 Å². The summed E-state index contributed by atoms with van der Waals surface area (Å²) in [6, 6.07) is 0. The summed E-state index contributed by atoms with van der Waals surface area (Å²) in [5, 5.41) is 0. The number of carbonyl (C=O) groups is 1. The molecule has 0 N–H and O–H groups in total. The van der Waals surface area contributed by atoms with Crippen LogP contribution in [-0.2, 0) is 4.74 Å². The fourth-order valence-electron chi connectivity index (χ4n) is 1.83. The van der Waals surface area contributed by atoms with E-state index in [2.05, 4.69) is 13.0 Å². The molecular formula is C14H25NO2. The van der Waals surface area contributed by atoms with E-state index in [1.165, 1.54) is 24.8 Å². The number of rotatable bonds is 3. The van der Waals surface area contributed by atoms with E-state index >= 15 is 0 Å². The first-order valence-electron chi connectivity index (χ1n) is 6.58. The Morgan fingerprint density at radius 1 is 1.47 bits per heavy atom. The summed E-state index contributed by atoms with van der Waals surface area (Å²) in [6.07, 6.45) is 6.65. The molecule has 0 radical (unpaired) electrons. The highest BCUT2D eigenvalue weighted by Crippen LogP contribution is 2.18. The summed E-state index contributed by atoms with van der Waals surface area (Å²) in [6.45, 7) is 9.40. The van der Waals surface area contributed by atoms with Crippen molar-refractivity contribution in [3.63, 3.8) is 0 Å². The molecule has 0 saturated carbocycles. The molecule has 1 rings (SSSR count). The number of carbonyl (C=O) groups excluding carboxylic acids is 1. The van der Waals surface area contributed by atoms with Crippen molar-refractivity contribution >= 4 is 6.09 Å². The standard InChI is InChI=1S/C14H25NO2/c1-5-6-7-12-8-10-15(11-9-12)13(16)17-14(2,3)4/h8H,5-7,9-11H2,1-4H3. The maximum atomic E-state index is 11.8. The Bertz CT molecular complexity index is 289. The number of amides is 1. The van der Waals surface area contributed by atoms with Crippen LogP contribution in [0, 0.1) is 0 Å². The van der Waals surface area contributed by atoms with Gasteiger partial charge in [-0.25, -0.2) is 4.79 Å². The van der Waals surface area contributed by atoms with Gasteiger partial charge in [0, 0.05) is 13.1 Å². The minimum atomic E-state index is -0.400. The molecule has 0 bridgehead atoms. The highest BCUT2D eigenvalue weighted by Gasteiger charge is 2.23. The Hall–Kier alpha value is -0.990. The Kier molecular flexibility index (Phi) is 5.03. The van der Waals surface area contributed by atoms with Crippen molar-refractivity contribution in [2.45, 2.75) is 59.0 Å². The lowest BCUT2D eigenvalue weighted by molar-refractivity contribution is 0.0265. The lowest BCUT2D eigenvalue weighted by Crippen LogP contribution is -2.39. The Morgan fingerprint density at radius 2 is 2.18 bits per heavy atom. The van der Waals surface area contributed by atoms with Crippen molar-refractivity contribution in [1.82, 2.24) is 4.90 Å². The predicted molar refractivity (Wildman–Crippen MR) is 70.0 cm³/mol. The van der Waals surface area contributed by atoms with Gasteiger partial charge in [0.05, 0.1) is 0 Å². The third-order valence-electron chi connectivity index (χ3n) is 2.81. The monoisotopic (exact) mass is 239 g/mol. The van der Waals surface area contributed by atoms with Crippen molar-refractivity contribution in [3.8, 4) is 0 Å². The maximum Gasteiger partial charge on any atom is 0.410 e. The molecule has 1 heterocycles. The van der Waals surface area contributed by atoms with Crippen LogP contribution in [0.15, 0.2) is 11.6 Å². The molecule has 0 atom stereocenters. The third kappa shape index (κ3) is 5.24. The summed E-state index contributed by atoms with van der Waals surface area (Å²) in [5.41, 5.74) is 1.09. The topological polar surface area (TPSA) is 29.5 Å². The van der Waals surface area contributed by atoms with Crippen LogP contribution in [0.5, 0.6) is 0 Å². The van der Waals surface area contributed by atoms with Crippen LogP contribution in [0.3, 0.4) is 0 Å². The van der Waals surface area contributed by atoms with E-state index in [0.717, 1.165) is 13.0 Å². The van der Waals surface area contributed by atoms with Gasteiger partial charge >= 0.3 is 6.09 Å². The zero-order valence-corrected chi connectivity index (χ0v) is 11.6. The van der Waals surface area contributed by atoms with Crippen LogP contribution in [-0.4, -0.2) is 29.7 Å². The molecule has 0 fully saturated rings. The first kappa shape index (κ1) is 14.1. The number of hydrogen-bond acceptors (Lipinski definition) is 2. The van der Waals surface area contributed by atoms with E-state index in [9.17, 15) is 4.79 Å². The molecule has 0 aromatic rings. The van der Waals surface area contributed by atoms with E-state index in [1.54, 1.807) is 4.90 Å². The summed E-state index contributed by atoms with van der Waals surface area (Å²) < 4.78 is 5.35. The summed E-state index contributed by atoms with van der Waals surface area (Å²) >= 11 is 0. The van der Waals surface area contributed by atoms with Crippen molar-refractivity contribution in [2.75, 3.05) is 13.1 Å². The first-order chi connectivity index (χ1) is 7.92. The average Bonchev–Trinajstić information content (AvgIpc) is 2.24. The highest BCUT2D eigenvalue weighted by atomic mass is 16.6. The van der Waals surface area contributed by atoms with Crippen LogP contribution in [0.2, 0.25) is 0 Å². The minimum Gasteiger partial charge on any atom is -0.444 e. The molecule has 17 heavy (non-hydrogen) atoms. The largest absolute Gasteiger partial charge is 0.444 e. The van der Waals surface area contributed by atoms with E-state index in [-0.39, 0.29) is 6.09 Å². The molecule has 0 aromatic heterocycles. The van der Waals surface area contributed by atoms with Gasteiger partial charge in [-0.3, -0.25) is 0 Å². The molecule has 0 saturated heterocycles. The second-order valence-corrected chi connectivity index (χ2v) is 5.64. The Balaban J connectivity index is 2.40. The number of nitrogens with zero attached hydrogens (tertiary/aromatic N) is 1. The maximum absolute atomic E-state index is 11.8. The van der Waals surface area contributed by atoms with Crippen LogP contribution in [0.4, 0.5) is 4.79 Å². The molecule has 0 spiro atoms. The normalized spacial score (nSPS) is 16.7. The van der Waals surface area contributed by atoms with Crippen LogP contribution < -0.4 is 0 Å². The summed E-state index contributed by atoms with van der Waals surface area (Å²) in [5.74, 6) is 0. The van der Waals surface area contributed by atoms with Gasteiger partial charge in [-0.1, -0.05) is 25.0 Å². The number of ether oxygens (including phenoxy) is 1. The minimum absolute atomic E-state index is 0.191. The predicted octanol–water partition coefficient (Wildman–Crippen LogP) is 3.74. The Morgan fingerprint density at radius 3 is 2.65 bits per heavy atom. The zero-order valence-electron chi connectivity index (χ0n) is 11.6. The van der Waals surface area contributed by atoms with E-state index in [1.807, 2.05) is 20.8 Å². The lowest BCUT2D eigenvalue weighted by Gasteiger charge is -2.29. The molecule has 0 aromatic carbocycles. The molecule has 98 valence electrons. The molecule has 0 unspecified atom stereocenters. The summed E-state index contributed by atoms with van der Waals surface area (Å²) in [7, 11) is 0. The van der Waals surface area contributed by atoms with Crippen LogP contribution in [0.1, 0.15) is 53.4 Å². The Labute approximate surface area is 105 Å². The van der Waals surface area contributed by atoms with Gasteiger partial charge in [-0.05, 0) is 40.0 Å². The summed E-state index contributed by atoms with van der Waals surface area (Å²) in [4.78, 5) is 13.6. The average molecular weight is 239 g/mol. The van der Waals surface area contributed by atoms with Gasteiger partial charge in [0.1, 0.15) is 5.60 Å². The van der Waals surface area contributed by atoms with Crippen LogP contribution >= 0.6 is 0 Å². The second kappa shape index (κ2) is 6.08. The van der Waals surface area contributed by atoms with Gasteiger partial charge in [-0.15, -0.1) is 0 Å². The number of hydrogen-bond donors (Lipinski definition) is 0.